The molecule has 1 amide bonds. The maximum absolute atomic E-state index is 12.7. The van der Waals surface area contributed by atoms with Crippen LogP contribution in [0.2, 0.25) is 0 Å². The van der Waals surface area contributed by atoms with E-state index < -0.39 is 12.6 Å². The molecule has 0 radical (unpaired) electrons. The molecule has 0 saturated heterocycles. The normalized spacial score (nSPS) is 10.9. The highest BCUT2D eigenvalue weighted by Gasteiger charge is 2.19. The number of nitrogens with zero attached hydrogens (tertiary/aromatic N) is 3. The smallest absolute Gasteiger partial charge is 0.339 e. The molecule has 34 heavy (non-hydrogen) atoms. The number of benzene rings is 2. The Hall–Kier alpha value is -4.33. The molecule has 0 saturated carbocycles. The average Bonchev–Trinajstić information content (AvgIpc) is 3.27. The highest BCUT2D eigenvalue weighted by molar-refractivity contribution is 6.06. The van der Waals surface area contributed by atoms with Crippen molar-refractivity contribution in [2.24, 2.45) is 0 Å². The van der Waals surface area contributed by atoms with E-state index >= 15 is 0 Å². The third kappa shape index (κ3) is 4.85. The summed E-state index contributed by atoms with van der Waals surface area (Å²) in [4.78, 5) is 42.1. The van der Waals surface area contributed by atoms with Crippen LogP contribution in [0.3, 0.4) is 0 Å². The highest BCUT2D eigenvalue weighted by Crippen LogP contribution is 2.22. The van der Waals surface area contributed by atoms with Crippen LogP contribution in [-0.4, -0.2) is 39.0 Å². The van der Waals surface area contributed by atoms with Gasteiger partial charge in [-0.2, -0.15) is 5.10 Å². The molecule has 8 heteroatoms. The molecule has 2 heterocycles. The summed E-state index contributed by atoms with van der Waals surface area (Å²) in [5.74, 6) is -1.21. The van der Waals surface area contributed by atoms with Crippen molar-refractivity contribution in [2.75, 3.05) is 11.9 Å². The first kappa shape index (κ1) is 22.8. The van der Waals surface area contributed by atoms with Crippen LogP contribution in [0.4, 0.5) is 5.69 Å². The van der Waals surface area contributed by atoms with Crippen LogP contribution in [0.1, 0.15) is 56.7 Å². The van der Waals surface area contributed by atoms with E-state index in [9.17, 15) is 14.4 Å². The molecule has 0 unspecified atom stereocenters. The van der Waals surface area contributed by atoms with E-state index in [1.54, 1.807) is 72.4 Å². The number of nitrogens with one attached hydrogen (secondary N) is 1. The zero-order chi connectivity index (χ0) is 24.2. The Kier molecular flexibility index (Phi) is 6.49. The molecule has 0 aliphatic heterocycles. The Bertz CT molecular complexity index is 1360. The van der Waals surface area contributed by atoms with Crippen LogP contribution in [0.25, 0.3) is 11.0 Å². The Morgan fingerprint density at radius 1 is 1.00 bits per heavy atom. The topological polar surface area (TPSA) is 103 Å². The molecule has 2 aromatic heterocycles. The second-order valence-electron chi connectivity index (χ2n) is 8.13. The van der Waals surface area contributed by atoms with Crippen molar-refractivity contribution in [3.63, 3.8) is 0 Å². The highest BCUT2D eigenvalue weighted by atomic mass is 16.5. The molecule has 0 fully saturated rings. The Balaban J connectivity index is 1.41. The first-order valence-corrected chi connectivity index (χ1v) is 10.8. The monoisotopic (exact) mass is 456 g/mol. The van der Waals surface area contributed by atoms with Gasteiger partial charge in [-0.15, -0.1) is 0 Å². The molecule has 8 nitrogen and oxygen atoms in total. The number of rotatable bonds is 7. The van der Waals surface area contributed by atoms with Gasteiger partial charge < -0.3 is 10.1 Å². The molecule has 172 valence electrons. The van der Waals surface area contributed by atoms with Crippen LogP contribution < -0.4 is 5.32 Å². The number of aryl methyl sites for hydroxylation is 1. The average molecular weight is 457 g/mol. The fraction of sp³-hybridized carbons (Fsp3) is 0.192. The number of ketones is 1. The number of ether oxygens (including phenoxy) is 1. The van der Waals surface area contributed by atoms with Gasteiger partial charge in [-0.25, -0.2) is 14.5 Å². The molecule has 0 aliphatic carbocycles. The van der Waals surface area contributed by atoms with Crippen molar-refractivity contribution in [1.82, 2.24) is 14.8 Å². The third-order valence-electron chi connectivity index (χ3n) is 5.24. The largest absolute Gasteiger partial charge is 0.454 e. The number of Topliss-reactive ketones (excluding diaryl/α,β-unsaturated/α-hetero) is 1. The van der Waals surface area contributed by atoms with E-state index in [4.69, 9.17) is 4.74 Å². The van der Waals surface area contributed by atoms with Gasteiger partial charge in [-0.3, -0.25) is 9.59 Å². The van der Waals surface area contributed by atoms with E-state index in [0.717, 1.165) is 0 Å². The van der Waals surface area contributed by atoms with Crippen LogP contribution in [0.5, 0.6) is 0 Å². The predicted octanol–water partition coefficient (Wildman–Crippen LogP) is 4.61. The molecule has 0 bridgehead atoms. The first-order valence-electron chi connectivity index (χ1n) is 10.8. The standard InChI is InChI=1S/C26H24N4O4/c1-16(2)30-24-22(14-27-30)21(13-17(3)28-24)26(33)34-15-23(31)18-9-11-20(12-10-18)29-25(32)19-7-5-4-6-8-19/h4-14,16H,15H2,1-3H3,(H,29,32). The minimum absolute atomic E-state index is 0.0812. The van der Waals surface area contributed by atoms with E-state index in [2.05, 4.69) is 15.4 Å². The number of amides is 1. The maximum atomic E-state index is 12.7. The predicted molar refractivity (Wildman–Crippen MR) is 128 cm³/mol. The van der Waals surface area contributed by atoms with Gasteiger partial charge in [-0.05, 0) is 63.2 Å². The van der Waals surface area contributed by atoms with Gasteiger partial charge in [0.15, 0.2) is 18.0 Å². The second kappa shape index (κ2) is 9.66. The SMILES string of the molecule is Cc1cc(C(=O)OCC(=O)c2ccc(NC(=O)c3ccccc3)cc2)c2cnn(C(C)C)c2n1. The zero-order valence-corrected chi connectivity index (χ0v) is 19.1. The lowest BCUT2D eigenvalue weighted by Gasteiger charge is -2.09. The summed E-state index contributed by atoms with van der Waals surface area (Å²) >= 11 is 0. The first-order chi connectivity index (χ1) is 16.3. The van der Waals surface area contributed by atoms with Gasteiger partial charge in [-0.1, -0.05) is 18.2 Å². The molecule has 0 aliphatic rings. The molecule has 1 N–H and O–H groups in total. The number of hydrogen-bond acceptors (Lipinski definition) is 6. The Labute approximate surface area is 196 Å². The van der Waals surface area contributed by atoms with Crippen molar-refractivity contribution >= 4 is 34.4 Å². The molecule has 0 spiro atoms. The maximum Gasteiger partial charge on any atom is 0.339 e. The van der Waals surface area contributed by atoms with E-state index in [0.29, 0.717) is 39.1 Å². The van der Waals surface area contributed by atoms with Crippen LogP contribution >= 0.6 is 0 Å². The summed E-state index contributed by atoms with van der Waals surface area (Å²) in [6.45, 7) is 5.34. The van der Waals surface area contributed by atoms with Crippen molar-refractivity contribution in [3.8, 4) is 0 Å². The molecule has 4 rings (SSSR count). The van der Waals surface area contributed by atoms with E-state index in [1.165, 1.54) is 0 Å². The summed E-state index contributed by atoms with van der Waals surface area (Å²) in [5.41, 5.74) is 3.03. The number of pyridine rings is 1. The van der Waals surface area contributed by atoms with Crippen molar-refractivity contribution < 1.29 is 19.1 Å². The van der Waals surface area contributed by atoms with Gasteiger partial charge in [0.25, 0.3) is 5.91 Å². The fourth-order valence-electron chi connectivity index (χ4n) is 3.51. The minimum Gasteiger partial charge on any atom is -0.454 e. The number of carbonyl (C=O) groups excluding carboxylic acids is 3. The molecular formula is C26H24N4O4. The molecule has 0 atom stereocenters. The lowest BCUT2D eigenvalue weighted by molar-refractivity contribution is 0.0476. The van der Waals surface area contributed by atoms with Gasteiger partial charge in [0.05, 0.1) is 17.1 Å². The van der Waals surface area contributed by atoms with Crippen molar-refractivity contribution in [3.05, 3.63) is 89.2 Å². The molecular weight excluding hydrogens is 432 g/mol. The zero-order valence-electron chi connectivity index (χ0n) is 19.1. The summed E-state index contributed by atoms with van der Waals surface area (Å²) < 4.78 is 7.05. The number of esters is 1. The summed E-state index contributed by atoms with van der Waals surface area (Å²) in [5, 5.41) is 7.68. The number of fused-ring (bicyclic) bond motifs is 1. The Morgan fingerprint density at radius 2 is 1.71 bits per heavy atom. The lowest BCUT2D eigenvalue weighted by atomic mass is 10.1. The number of hydrogen-bond donors (Lipinski definition) is 1. The Morgan fingerprint density at radius 3 is 2.38 bits per heavy atom. The van der Waals surface area contributed by atoms with Crippen LogP contribution in [0.15, 0.2) is 66.9 Å². The molecule has 4 aromatic rings. The fourth-order valence-corrected chi connectivity index (χ4v) is 3.51. The van der Waals surface area contributed by atoms with Crippen LogP contribution in [-0.2, 0) is 4.74 Å². The van der Waals surface area contributed by atoms with Crippen molar-refractivity contribution in [2.45, 2.75) is 26.8 Å². The summed E-state index contributed by atoms with van der Waals surface area (Å²) in [6.07, 6.45) is 1.59. The minimum atomic E-state index is -0.612. The molecule has 2 aromatic carbocycles. The quantitative estimate of drug-likeness (QED) is 0.322. The van der Waals surface area contributed by atoms with Crippen molar-refractivity contribution in [1.29, 1.82) is 0 Å². The van der Waals surface area contributed by atoms with Crippen LogP contribution in [0, 0.1) is 6.92 Å². The lowest BCUT2D eigenvalue weighted by Crippen LogP contribution is -2.15. The van der Waals surface area contributed by atoms with E-state index in [-0.39, 0.29) is 17.7 Å². The number of anilines is 1. The van der Waals surface area contributed by atoms with Gasteiger partial charge >= 0.3 is 5.97 Å². The van der Waals surface area contributed by atoms with Gasteiger partial charge in [0.1, 0.15) is 0 Å². The summed E-state index contributed by atoms with van der Waals surface area (Å²) in [6, 6.07) is 17.0. The number of aromatic nitrogens is 3. The number of carbonyl (C=O) groups is 3. The van der Waals surface area contributed by atoms with E-state index in [1.807, 2.05) is 19.9 Å². The third-order valence-corrected chi connectivity index (χ3v) is 5.24. The second-order valence-corrected chi connectivity index (χ2v) is 8.13. The van der Waals surface area contributed by atoms with Gasteiger partial charge in [0, 0.05) is 28.6 Å². The van der Waals surface area contributed by atoms with Gasteiger partial charge in [0.2, 0.25) is 0 Å². The summed E-state index contributed by atoms with van der Waals surface area (Å²) in [7, 11) is 0.